The zero-order valence-electron chi connectivity index (χ0n) is 9.14. The van der Waals surface area contributed by atoms with Gasteiger partial charge in [-0.3, -0.25) is 4.79 Å². The van der Waals surface area contributed by atoms with Gasteiger partial charge in [0.15, 0.2) is 11.4 Å². The summed E-state index contributed by atoms with van der Waals surface area (Å²) >= 11 is 3.12. The van der Waals surface area contributed by atoms with Crippen LogP contribution in [0.2, 0.25) is 0 Å². The van der Waals surface area contributed by atoms with Gasteiger partial charge >= 0.3 is 0 Å². The molecule has 0 fully saturated rings. The van der Waals surface area contributed by atoms with Gasteiger partial charge in [-0.2, -0.15) is 10.5 Å². The Morgan fingerprint density at radius 1 is 1.22 bits per heavy atom. The van der Waals surface area contributed by atoms with E-state index in [1.807, 2.05) is 0 Å². The van der Waals surface area contributed by atoms with E-state index in [0.29, 0.717) is 11.9 Å². The number of carbonyl (C=O) groups excluding carboxylic acids is 1. The van der Waals surface area contributed by atoms with E-state index >= 15 is 0 Å². The first kappa shape index (κ1) is 15.0. The van der Waals surface area contributed by atoms with Gasteiger partial charge in [-0.15, -0.1) is 0 Å². The van der Waals surface area contributed by atoms with Gasteiger partial charge < -0.3 is 15.7 Å². The molecular formula is C9H12BrN3O5. The van der Waals surface area contributed by atoms with Crippen molar-refractivity contribution < 1.29 is 25.7 Å². The monoisotopic (exact) mass is 321 g/mol. The van der Waals surface area contributed by atoms with E-state index in [9.17, 15) is 15.2 Å². The van der Waals surface area contributed by atoms with Crippen LogP contribution < -0.4 is 15.8 Å². The van der Waals surface area contributed by atoms with Gasteiger partial charge in [-0.05, 0) is 0 Å². The van der Waals surface area contributed by atoms with Crippen LogP contribution in [0.15, 0.2) is 18.2 Å². The normalized spacial score (nSPS) is 14.1. The molecule has 0 aliphatic carbocycles. The molecule has 0 aromatic heterocycles. The lowest BCUT2D eigenvalue weighted by Gasteiger charge is -2.17. The molecule has 1 amide bonds. The minimum absolute atomic E-state index is 0.00764. The van der Waals surface area contributed by atoms with Crippen LogP contribution in [-0.4, -0.2) is 28.2 Å². The Balaban J connectivity index is 3.06. The number of hydrogen-bond acceptors (Lipinski definition) is 5. The number of halogens is 1. The van der Waals surface area contributed by atoms with Crippen LogP contribution in [0.5, 0.6) is 0 Å². The number of benzene rings is 1. The molecule has 0 aliphatic heterocycles. The summed E-state index contributed by atoms with van der Waals surface area (Å²) in [5.41, 5.74) is -0.467. The van der Waals surface area contributed by atoms with Crippen molar-refractivity contribution >= 4 is 33.2 Å². The van der Waals surface area contributed by atoms with Crippen molar-refractivity contribution in [3.8, 4) is 0 Å². The van der Waals surface area contributed by atoms with Gasteiger partial charge in [0.1, 0.15) is 0 Å². The van der Waals surface area contributed by atoms with Gasteiger partial charge in [0.25, 0.3) is 5.91 Å². The molecule has 5 N–H and O–H groups in total. The van der Waals surface area contributed by atoms with Gasteiger partial charge in [0.05, 0.1) is 11.6 Å². The third kappa shape index (κ3) is 3.99. The highest BCUT2D eigenvalue weighted by Crippen LogP contribution is 2.13. The second kappa shape index (κ2) is 6.75. The molecule has 1 aromatic carbocycles. The summed E-state index contributed by atoms with van der Waals surface area (Å²) in [6, 6.07) is 3.28. The van der Waals surface area contributed by atoms with Crippen molar-refractivity contribution in [3.63, 3.8) is 0 Å². The molecular weight excluding hydrogens is 310 g/mol. The Morgan fingerprint density at radius 3 is 2.11 bits per heavy atom. The first-order valence-corrected chi connectivity index (χ1v) is 6.03. The fraction of sp³-hybridized carbons (Fsp3) is 0.222. The molecule has 2 unspecified atom stereocenters. The van der Waals surface area contributed by atoms with Crippen LogP contribution in [0.3, 0.4) is 0 Å². The van der Waals surface area contributed by atoms with Gasteiger partial charge in [-0.1, -0.05) is 15.9 Å². The maximum Gasteiger partial charge on any atom is 0.251 e. The van der Waals surface area contributed by atoms with Crippen molar-refractivity contribution in [2.24, 2.45) is 0 Å². The molecule has 0 radical (unpaired) electrons. The first-order valence-electron chi connectivity index (χ1n) is 4.91. The van der Waals surface area contributed by atoms with E-state index in [1.54, 1.807) is 0 Å². The van der Waals surface area contributed by atoms with Crippen LogP contribution in [-0.2, 0) is 0 Å². The molecule has 0 bridgehead atoms. The predicted molar refractivity (Wildman–Crippen MR) is 64.1 cm³/mol. The van der Waals surface area contributed by atoms with E-state index in [1.165, 1.54) is 0 Å². The van der Waals surface area contributed by atoms with E-state index < -0.39 is 16.4 Å². The second-order valence-corrected chi connectivity index (χ2v) is 4.15. The second-order valence-electron chi connectivity index (χ2n) is 3.35. The molecule has 2 atom stereocenters. The highest BCUT2D eigenvalue weighted by molar-refractivity contribution is 9.09. The number of quaternary nitrogens is 2. The summed E-state index contributed by atoms with van der Waals surface area (Å²) in [5.74, 6) is -0.514. The topological polar surface area (TPSA) is 125 Å². The SMILES string of the molecule is O=C(NCCBr)c1cc([NH+]([O-])O)cc([NH+]([O-])O)c1. The summed E-state index contributed by atoms with van der Waals surface area (Å²) in [5, 5.41) is 39.8. The molecule has 9 heteroatoms. The maximum atomic E-state index is 11.6. The Bertz CT molecular complexity index is 400. The number of hydrogen-bond donors (Lipinski definition) is 5. The van der Waals surface area contributed by atoms with Crippen LogP contribution in [0.25, 0.3) is 0 Å². The number of carbonyl (C=O) groups is 1. The average Bonchev–Trinajstić information content (AvgIpc) is 2.35. The maximum absolute atomic E-state index is 11.6. The minimum Gasteiger partial charge on any atom is -0.595 e. The summed E-state index contributed by atoms with van der Waals surface area (Å²) in [6.07, 6.45) is 0. The van der Waals surface area contributed by atoms with E-state index in [2.05, 4.69) is 21.2 Å². The molecule has 0 saturated carbocycles. The standard InChI is InChI=1S/C9H12BrN3O5/c10-1-2-11-9(14)6-3-7(12(15)16)5-8(4-6)13(17)18/h3-5,12-13,15,17H,1-2H2,(H,11,14). The third-order valence-corrected chi connectivity index (χ3v) is 2.47. The summed E-state index contributed by atoms with van der Waals surface area (Å²) in [6.45, 7) is 0.360. The zero-order chi connectivity index (χ0) is 13.7. The quantitative estimate of drug-likeness (QED) is 0.337. The van der Waals surface area contributed by atoms with E-state index in [0.717, 1.165) is 18.2 Å². The van der Waals surface area contributed by atoms with Crippen LogP contribution in [0.1, 0.15) is 10.4 Å². The molecule has 8 nitrogen and oxygen atoms in total. The van der Waals surface area contributed by atoms with E-state index in [-0.39, 0.29) is 16.9 Å². The Morgan fingerprint density at radius 2 is 1.72 bits per heavy atom. The number of amides is 1. The van der Waals surface area contributed by atoms with Gasteiger partial charge in [-0.25, -0.2) is 10.4 Å². The summed E-state index contributed by atoms with van der Waals surface area (Å²) < 4.78 is 0. The van der Waals surface area contributed by atoms with Crippen molar-refractivity contribution in [1.29, 1.82) is 0 Å². The molecule has 0 spiro atoms. The predicted octanol–water partition coefficient (Wildman–Crippen LogP) is -1.38. The third-order valence-electron chi connectivity index (χ3n) is 2.07. The molecule has 0 heterocycles. The fourth-order valence-corrected chi connectivity index (χ4v) is 1.47. The minimum atomic E-state index is -1.28. The lowest BCUT2D eigenvalue weighted by Crippen LogP contribution is -3.00. The Hall–Kier alpha value is -1.07. The van der Waals surface area contributed by atoms with Crippen LogP contribution >= 0.6 is 15.9 Å². The van der Waals surface area contributed by atoms with Crippen molar-refractivity contribution in [2.75, 3.05) is 11.9 Å². The average molecular weight is 322 g/mol. The Kier molecular flexibility index (Phi) is 5.62. The summed E-state index contributed by atoms with van der Waals surface area (Å²) in [7, 11) is 0. The fourth-order valence-electron chi connectivity index (χ4n) is 1.27. The largest absolute Gasteiger partial charge is 0.595 e. The molecule has 100 valence electrons. The first-order chi connectivity index (χ1) is 8.45. The molecule has 1 aromatic rings. The highest BCUT2D eigenvalue weighted by atomic mass is 79.9. The van der Waals surface area contributed by atoms with Gasteiger partial charge in [0, 0.05) is 24.0 Å². The van der Waals surface area contributed by atoms with Crippen LogP contribution in [0.4, 0.5) is 11.4 Å². The number of rotatable bonds is 5. The van der Waals surface area contributed by atoms with Crippen molar-refractivity contribution in [2.45, 2.75) is 0 Å². The smallest absolute Gasteiger partial charge is 0.251 e. The molecule has 0 aliphatic rings. The van der Waals surface area contributed by atoms with E-state index in [4.69, 9.17) is 10.4 Å². The van der Waals surface area contributed by atoms with Crippen LogP contribution in [0, 0.1) is 10.4 Å². The lowest BCUT2D eigenvalue weighted by molar-refractivity contribution is -0.996. The molecule has 1 rings (SSSR count). The number of nitrogens with one attached hydrogen (secondary N) is 3. The van der Waals surface area contributed by atoms with Crippen molar-refractivity contribution in [3.05, 3.63) is 34.2 Å². The van der Waals surface area contributed by atoms with Gasteiger partial charge in [0.2, 0.25) is 0 Å². The Labute approximate surface area is 111 Å². The molecule has 18 heavy (non-hydrogen) atoms. The van der Waals surface area contributed by atoms with Crippen molar-refractivity contribution in [1.82, 2.24) is 5.32 Å². The lowest BCUT2D eigenvalue weighted by atomic mass is 10.1. The molecule has 0 saturated heterocycles. The zero-order valence-corrected chi connectivity index (χ0v) is 10.7. The summed E-state index contributed by atoms with van der Waals surface area (Å²) in [4.78, 5) is 11.6. The number of alkyl halides is 1. The highest BCUT2D eigenvalue weighted by Gasteiger charge is 2.14.